The Kier molecular flexibility index (Phi) is 7.20. The molecular formula is C14H20F3N3O4. The molecule has 2 heterocycles. The van der Waals surface area contributed by atoms with Crippen LogP contribution in [0.1, 0.15) is 35.5 Å². The minimum Gasteiger partial charge on any atom is -0.475 e. The van der Waals surface area contributed by atoms with Crippen LogP contribution in [0, 0.1) is 6.92 Å². The molecule has 1 unspecified atom stereocenters. The van der Waals surface area contributed by atoms with Gasteiger partial charge in [0, 0.05) is 18.7 Å². The number of aliphatic carboxylic acids is 1. The first-order chi connectivity index (χ1) is 11.1. The second kappa shape index (κ2) is 8.67. The lowest BCUT2D eigenvalue weighted by molar-refractivity contribution is -0.192. The van der Waals surface area contributed by atoms with E-state index in [9.17, 15) is 18.0 Å². The maximum Gasteiger partial charge on any atom is 0.490 e. The van der Waals surface area contributed by atoms with Crippen LogP contribution < -0.4 is 5.32 Å². The molecule has 1 atom stereocenters. The molecule has 0 aliphatic carbocycles. The van der Waals surface area contributed by atoms with E-state index >= 15 is 0 Å². The van der Waals surface area contributed by atoms with Gasteiger partial charge in [0.2, 0.25) is 0 Å². The summed E-state index contributed by atoms with van der Waals surface area (Å²) < 4.78 is 36.6. The Labute approximate surface area is 136 Å². The van der Waals surface area contributed by atoms with Crippen molar-refractivity contribution in [3.63, 3.8) is 0 Å². The average Bonchev–Trinajstić information content (AvgIpc) is 3.08. The zero-order chi connectivity index (χ0) is 18.3. The number of aryl methyl sites for hydroxylation is 1. The number of aromatic nitrogens is 1. The smallest absolute Gasteiger partial charge is 0.475 e. The standard InChI is InChI=1S/C12H19N3O2.C2HF3O2/c1-9-8-11(14-17-9)12(16)13-6-5-10-4-3-7-15(10)2;3-2(4,5)1(6)7/h8,10H,3-7H2,1-2H3,(H,13,16);(H,6,7). The molecule has 1 saturated heterocycles. The SMILES string of the molecule is Cc1cc(C(=O)NCCC2CCCN2C)no1.O=C(O)C(F)(F)F. The molecule has 1 aliphatic heterocycles. The van der Waals surface area contributed by atoms with E-state index in [0.29, 0.717) is 24.0 Å². The summed E-state index contributed by atoms with van der Waals surface area (Å²) in [5, 5.41) is 13.7. The van der Waals surface area contributed by atoms with Gasteiger partial charge in [-0.05, 0) is 39.8 Å². The van der Waals surface area contributed by atoms with Crippen LogP contribution in [-0.2, 0) is 4.79 Å². The van der Waals surface area contributed by atoms with Gasteiger partial charge in [-0.2, -0.15) is 13.2 Å². The van der Waals surface area contributed by atoms with Crippen molar-refractivity contribution in [2.75, 3.05) is 20.1 Å². The zero-order valence-corrected chi connectivity index (χ0v) is 13.4. The van der Waals surface area contributed by atoms with Gasteiger partial charge in [-0.15, -0.1) is 0 Å². The molecule has 0 spiro atoms. The molecule has 136 valence electrons. The van der Waals surface area contributed by atoms with Crippen LogP contribution in [-0.4, -0.2) is 59.4 Å². The highest BCUT2D eigenvalue weighted by atomic mass is 19.4. The van der Waals surface area contributed by atoms with Gasteiger partial charge in [-0.25, -0.2) is 4.79 Å². The number of rotatable bonds is 4. The minimum absolute atomic E-state index is 0.150. The minimum atomic E-state index is -5.08. The lowest BCUT2D eigenvalue weighted by Gasteiger charge is -2.18. The quantitative estimate of drug-likeness (QED) is 0.859. The second-order valence-corrected chi connectivity index (χ2v) is 5.45. The number of likely N-dealkylation sites (tertiary alicyclic amines) is 1. The Morgan fingerprint density at radius 1 is 1.50 bits per heavy atom. The number of hydrogen-bond donors (Lipinski definition) is 2. The monoisotopic (exact) mass is 351 g/mol. The Morgan fingerprint density at radius 3 is 2.54 bits per heavy atom. The maximum absolute atomic E-state index is 11.7. The first-order valence-electron chi connectivity index (χ1n) is 7.33. The van der Waals surface area contributed by atoms with E-state index in [4.69, 9.17) is 14.4 Å². The number of carbonyl (C=O) groups excluding carboxylic acids is 1. The van der Waals surface area contributed by atoms with E-state index in [-0.39, 0.29) is 5.91 Å². The summed E-state index contributed by atoms with van der Waals surface area (Å²) in [6.07, 6.45) is -1.59. The summed E-state index contributed by atoms with van der Waals surface area (Å²) in [5.74, 6) is -2.25. The molecule has 7 nitrogen and oxygen atoms in total. The van der Waals surface area contributed by atoms with Crippen molar-refractivity contribution in [1.29, 1.82) is 0 Å². The Hall–Kier alpha value is -2.10. The number of alkyl halides is 3. The number of nitrogens with zero attached hydrogens (tertiary/aromatic N) is 2. The van der Waals surface area contributed by atoms with Crippen molar-refractivity contribution in [3.8, 4) is 0 Å². The van der Waals surface area contributed by atoms with Crippen LogP contribution in [0.15, 0.2) is 10.6 Å². The van der Waals surface area contributed by atoms with Gasteiger partial charge in [0.25, 0.3) is 5.91 Å². The largest absolute Gasteiger partial charge is 0.490 e. The highest BCUT2D eigenvalue weighted by Crippen LogP contribution is 2.17. The molecule has 0 saturated carbocycles. The molecule has 2 rings (SSSR count). The highest BCUT2D eigenvalue weighted by Gasteiger charge is 2.38. The molecule has 24 heavy (non-hydrogen) atoms. The summed E-state index contributed by atoms with van der Waals surface area (Å²) in [7, 11) is 2.14. The van der Waals surface area contributed by atoms with Gasteiger partial charge >= 0.3 is 12.1 Å². The fourth-order valence-corrected chi connectivity index (χ4v) is 2.26. The van der Waals surface area contributed by atoms with Crippen molar-refractivity contribution >= 4 is 11.9 Å². The Bertz CT molecular complexity index is 560. The fraction of sp³-hybridized carbons (Fsp3) is 0.643. The summed E-state index contributed by atoms with van der Waals surface area (Å²) >= 11 is 0. The van der Waals surface area contributed by atoms with E-state index in [1.165, 1.54) is 19.4 Å². The van der Waals surface area contributed by atoms with E-state index < -0.39 is 12.1 Å². The molecule has 1 aliphatic rings. The second-order valence-electron chi connectivity index (χ2n) is 5.45. The first kappa shape index (κ1) is 19.9. The van der Waals surface area contributed by atoms with Crippen molar-refractivity contribution < 1.29 is 32.4 Å². The number of hydrogen-bond acceptors (Lipinski definition) is 5. The topological polar surface area (TPSA) is 95.7 Å². The molecule has 1 amide bonds. The highest BCUT2D eigenvalue weighted by molar-refractivity contribution is 5.92. The summed E-state index contributed by atoms with van der Waals surface area (Å²) in [4.78, 5) is 22.9. The van der Waals surface area contributed by atoms with Crippen molar-refractivity contribution in [3.05, 3.63) is 17.5 Å². The van der Waals surface area contributed by atoms with Crippen molar-refractivity contribution in [1.82, 2.24) is 15.4 Å². The predicted molar refractivity (Wildman–Crippen MR) is 77.5 cm³/mol. The van der Waals surface area contributed by atoms with E-state index in [0.717, 1.165) is 6.42 Å². The number of carboxylic acids is 1. The summed E-state index contributed by atoms with van der Waals surface area (Å²) in [6.45, 7) is 3.64. The van der Waals surface area contributed by atoms with Gasteiger partial charge in [0.05, 0.1) is 0 Å². The number of halogens is 3. The molecule has 1 aromatic heterocycles. The molecule has 10 heteroatoms. The molecule has 1 fully saturated rings. The molecule has 2 N–H and O–H groups in total. The van der Waals surface area contributed by atoms with Gasteiger partial charge < -0.3 is 19.8 Å². The van der Waals surface area contributed by atoms with Gasteiger partial charge in [-0.1, -0.05) is 5.16 Å². The van der Waals surface area contributed by atoms with Gasteiger partial charge in [-0.3, -0.25) is 4.79 Å². The zero-order valence-electron chi connectivity index (χ0n) is 13.4. The number of carboxylic acid groups (broad SMARTS) is 1. The molecule has 0 aromatic carbocycles. The van der Waals surface area contributed by atoms with E-state index in [1.807, 2.05) is 0 Å². The van der Waals surface area contributed by atoms with Crippen LogP contribution >= 0.6 is 0 Å². The Balaban J connectivity index is 0.000000351. The summed E-state index contributed by atoms with van der Waals surface area (Å²) in [5.41, 5.74) is 0.363. The third-order valence-electron chi connectivity index (χ3n) is 3.54. The van der Waals surface area contributed by atoms with E-state index in [2.05, 4.69) is 22.4 Å². The molecule has 1 aromatic rings. The lowest BCUT2D eigenvalue weighted by Crippen LogP contribution is -2.31. The van der Waals surface area contributed by atoms with Crippen molar-refractivity contribution in [2.24, 2.45) is 0 Å². The van der Waals surface area contributed by atoms with Crippen LogP contribution in [0.3, 0.4) is 0 Å². The molecular weight excluding hydrogens is 331 g/mol. The summed E-state index contributed by atoms with van der Waals surface area (Å²) in [6, 6.07) is 2.26. The third kappa shape index (κ3) is 6.57. The first-order valence-corrected chi connectivity index (χ1v) is 7.33. The van der Waals surface area contributed by atoms with Crippen LogP contribution in [0.4, 0.5) is 13.2 Å². The molecule has 0 bridgehead atoms. The average molecular weight is 351 g/mol. The number of nitrogens with one attached hydrogen (secondary N) is 1. The number of carbonyl (C=O) groups is 2. The van der Waals surface area contributed by atoms with Gasteiger partial charge in [0.1, 0.15) is 5.76 Å². The van der Waals surface area contributed by atoms with E-state index in [1.54, 1.807) is 13.0 Å². The Morgan fingerprint density at radius 2 is 2.12 bits per heavy atom. The molecule has 0 radical (unpaired) electrons. The normalized spacial score (nSPS) is 18.0. The van der Waals surface area contributed by atoms with Crippen LogP contribution in [0.25, 0.3) is 0 Å². The lowest BCUT2D eigenvalue weighted by atomic mass is 10.1. The fourth-order valence-electron chi connectivity index (χ4n) is 2.26. The predicted octanol–water partition coefficient (Wildman–Crippen LogP) is 1.83. The third-order valence-corrected chi connectivity index (χ3v) is 3.54. The van der Waals surface area contributed by atoms with Crippen LogP contribution in [0.5, 0.6) is 0 Å². The maximum atomic E-state index is 11.7. The number of amides is 1. The van der Waals surface area contributed by atoms with Gasteiger partial charge in [0.15, 0.2) is 5.69 Å². The van der Waals surface area contributed by atoms with Crippen molar-refractivity contribution in [2.45, 2.75) is 38.4 Å². The van der Waals surface area contributed by atoms with Crippen LogP contribution in [0.2, 0.25) is 0 Å².